The minimum absolute atomic E-state index is 0.0243. The molecule has 6 nitrogen and oxygen atoms in total. The smallest absolute Gasteiger partial charge is 0.251 e. The molecule has 1 aliphatic rings. The van der Waals surface area contributed by atoms with Crippen molar-refractivity contribution in [2.45, 2.75) is 55.4 Å². The molecule has 1 aliphatic carbocycles. The van der Waals surface area contributed by atoms with Crippen LogP contribution < -0.4 is 10.6 Å². The molecule has 2 amide bonds. The number of hydrogen-bond acceptors (Lipinski definition) is 4. The second-order valence-electron chi connectivity index (χ2n) is 7.07. The first-order valence-electron chi connectivity index (χ1n) is 9.38. The molecule has 0 heterocycles. The Balaban J connectivity index is 2.01. The lowest BCUT2D eigenvalue weighted by atomic mass is 10.1. The molecule has 1 saturated carbocycles. The zero-order valence-corrected chi connectivity index (χ0v) is 16.8. The van der Waals surface area contributed by atoms with Crippen molar-refractivity contribution in [2.75, 3.05) is 5.32 Å². The van der Waals surface area contributed by atoms with Crippen LogP contribution in [0, 0.1) is 6.92 Å². The number of nitrogens with one attached hydrogen (secondary N) is 2. The molecule has 2 aromatic carbocycles. The lowest BCUT2D eigenvalue weighted by molar-refractivity contribution is -0.116. The molecule has 1 fully saturated rings. The maximum absolute atomic E-state index is 13.1. The summed E-state index contributed by atoms with van der Waals surface area (Å²) in [4.78, 5) is 24.6. The van der Waals surface area contributed by atoms with E-state index in [0.29, 0.717) is 12.0 Å². The first-order chi connectivity index (χ1) is 13.3. The van der Waals surface area contributed by atoms with Gasteiger partial charge in [-0.25, -0.2) is 8.42 Å². The highest BCUT2D eigenvalue weighted by atomic mass is 32.2. The predicted octanol–water partition coefficient (Wildman–Crippen LogP) is 3.46. The van der Waals surface area contributed by atoms with E-state index >= 15 is 0 Å². The first kappa shape index (κ1) is 20.1. The Labute approximate surface area is 165 Å². The highest BCUT2D eigenvalue weighted by Gasteiger charge is 2.26. The summed E-state index contributed by atoms with van der Waals surface area (Å²) in [5, 5.41) is 5.54. The van der Waals surface area contributed by atoms with Crippen molar-refractivity contribution in [3.63, 3.8) is 0 Å². The van der Waals surface area contributed by atoms with Crippen molar-refractivity contribution in [1.82, 2.24) is 5.32 Å². The van der Waals surface area contributed by atoms with E-state index in [2.05, 4.69) is 10.6 Å². The van der Waals surface area contributed by atoms with E-state index in [9.17, 15) is 18.0 Å². The lowest BCUT2D eigenvalue weighted by Gasteiger charge is -2.14. The fourth-order valence-electron chi connectivity index (χ4n) is 2.78. The molecule has 0 atom stereocenters. The van der Waals surface area contributed by atoms with Gasteiger partial charge in [0.15, 0.2) is 0 Å². The maximum Gasteiger partial charge on any atom is 0.251 e. The maximum atomic E-state index is 13.1. The summed E-state index contributed by atoms with van der Waals surface area (Å²) in [6, 6.07) is 11.0. The monoisotopic (exact) mass is 400 g/mol. The number of sulfone groups is 1. The molecule has 0 radical (unpaired) electrons. The lowest BCUT2D eigenvalue weighted by Crippen LogP contribution is -2.25. The van der Waals surface area contributed by atoms with Crippen LogP contribution in [0.3, 0.4) is 0 Å². The minimum Gasteiger partial charge on any atom is -0.349 e. The molecule has 2 N–H and O–H groups in total. The van der Waals surface area contributed by atoms with Crippen molar-refractivity contribution in [3.8, 4) is 0 Å². The fraction of sp³-hybridized carbons (Fsp3) is 0.333. The predicted molar refractivity (Wildman–Crippen MR) is 107 cm³/mol. The molecule has 28 heavy (non-hydrogen) atoms. The Morgan fingerprint density at radius 3 is 2.36 bits per heavy atom. The molecule has 0 saturated heterocycles. The molecule has 0 aliphatic heterocycles. The quantitative estimate of drug-likeness (QED) is 0.744. The van der Waals surface area contributed by atoms with Crippen molar-refractivity contribution < 1.29 is 18.0 Å². The van der Waals surface area contributed by atoms with Crippen molar-refractivity contribution >= 4 is 27.3 Å². The molecular weight excluding hydrogens is 376 g/mol. The topological polar surface area (TPSA) is 92.3 Å². The highest BCUT2D eigenvalue weighted by Crippen LogP contribution is 2.30. The van der Waals surface area contributed by atoms with Gasteiger partial charge < -0.3 is 10.6 Å². The second kappa shape index (κ2) is 8.14. The van der Waals surface area contributed by atoms with Crippen LogP contribution in [0.15, 0.2) is 52.3 Å². The third-order valence-electron chi connectivity index (χ3n) is 4.53. The van der Waals surface area contributed by atoms with Crippen LogP contribution in [0.4, 0.5) is 5.69 Å². The van der Waals surface area contributed by atoms with Gasteiger partial charge in [0.25, 0.3) is 5.91 Å². The van der Waals surface area contributed by atoms with Gasteiger partial charge in [0.2, 0.25) is 15.7 Å². The molecule has 0 bridgehead atoms. The summed E-state index contributed by atoms with van der Waals surface area (Å²) < 4.78 is 26.2. The summed E-state index contributed by atoms with van der Waals surface area (Å²) in [5.74, 6) is -0.560. The zero-order chi connectivity index (χ0) is 20.3. The van der Waals surface area contributed by atoms with Gasteiger partial charge in [0.05, 0.1) is 15.5 Å². The highest BCUT2D eigenvalue weighted by molar-refractivity contribution is 7.91. The van der Waals surface area contributed by atoms with Crippen LogP contribution in [0.1, 0.15) is 48.5 Å². The number of hydrogen-bond donors (Lipinski definition) is 2. The van der Waals surface area contributed by atoms with Crippen LogP contribution >= 0.6 is 0 Å². The largest absolute Gasteiger partial charge is 0.349 e. The third kappa shape index (κ3) is 4.59. The van der Waals surface area contributed by atoms with E-state index in [-0.39, 0.29) is 39.8 Å². The molecule has 148 valence electrons. The Hall–Kier alpha value is -2.67. The van der Waals surface area contributed by atoms with E-state index < -0.39 is 9.84 Å². The average Bonchev–Trinajstić information content (AvgIpc) is 3.46. The van der Waals surface area contributed by atoms with Crippen LogP contribution in [0.2, 0.25) is 0 Å². The number of carbonyl (C=O) groups is 2. The van der Waals surface area contributed by atoms with Crippen LogP contribution in [-0.4, -0.2) is 26.3 Å². The Bertz CT molecular complexity index is 994. The second-order valence-corrected chi connectivity index (χ2v) is 8.99. The summed E-state index contributed by atoms with van der Waals surface area (Å²) >= 11 is 0. The molecule has 2 aromatic rings. The van der Waals surface area contributed by atoms with Crippen molar-refractivity contribution in [2.24, 2.45) is 0 Å². The fourth-order valence-corrected chi connectivity index (χ4v) is 4.18. The number of rotatable bonds is 7. The zero-order valence-electron chi connectivity index (χ0n) is 16.0. The normalized spacial score (nSPS) is 13.8. The van der Waals surface area contributed by atoms with Gasteiger partial charge in [0, 0.05) is 18.0 Å². The summed E-state index contributed by atoms with van der Waals surface area (Å²) in [6.07, 6.45) is 2.80. The molecule has 7 heteroatoms. The number of amides is 2. The minimum atomic E-state index is -3.85. The van der Waals surface area contributed by atoms with Gasteiger partial charge in [-0.2, -0.15) is 0 Å². The number of aryl methyl sites for hydroxylation is 1. The molecule has 0 spiro atoms. The van der Waals surface area contributed by atoms with Gasteiger partial charge in [0.1, 0.15) is 0 Å². The summed E-state index contributed by atoms with van der Waals surface area (Å²) in [7, 11) is -3.85. The Kier molecular flexibility index (Phi) is 5.84. The Morgan fingerprint density at radius 2 is 1.75 bits per heavy atom. The van der Waals surface area contributed by atoms with E-state index in [1.54, 1.807) is 12.1 Å². The molecule has 0 aromatic heterocycles. The summed E-state index contributed by atoms with van der Waals surface area (Å²) in [6.45, 7) is 3.74. The Morgan fingerprint density at radius 1 is 1.07 bits per heavy atom. The van der Waals surface area contributed by atoms with Gasteiger partial charge >= 0.3 is 0 Å². The molecule has 0 unspecified atom stereocenters. The van der Waals surface area contributed by atoms with Gasteiger partial charge in [-0.1, -0.05) is 24.6 Å². The number of carbonyl (C=O) groups excluding carboxylic acids is 2. The van der Waals surface area contributed by atoms with E-state index in [1.165, 1.54) is 30.3 Å². The van der Waals surface area contributed by atoms with Crippen molar-refractivity contribution in [1.29, 1.82) is 0 Å². The molecule has 3 rings (SSSR count). The van der Waals surface area contributed by atoms with Crippen molar-refractivity contribution in [3.05, 3.63) is 53.6 Å². The van der Waals surface area contributed by atoms with Crippen LogP contribution in [-0.2, 0) is 14.6 Å². The SMILES string of the molecule is CCCC(=O)Nc1cc(C(=O)NC2CC2)ccc1S(=O)(=O)c1ccc(C)cc1. The van der Waals surface area contributed by atoms with E-state index in [4.69, 9.17) is 0 Å². The average molecular weight is 401 g/mol. The van der Waals surface area contributed by atoms with Gasteiger partial charge in [-0.05, 0) is 56.5 Å². The van der Waals surface area contributed by atoms with Crippen LogP contribution in [0.5, 0.6) is 0 Å². The van der Waals surface area contributed by atoms with Crippen LogP contribution in [0.25, 0.3) is 0 Å². The van der Waals surface area contributed by atoms with E-state index in [0.717, 1.165) is 18.4 Å². The van der Waals surface area contributed by atoms with E-state index in [1.807, 2.05) is 13.8 Å². The van der Waals surface area contributed by atoms with Gasteiger partial charge in [-0.3, -0.25) is 9.59 Å². The first-order valence-corrected chi connectivity index (χ1v) is 10.9. The standard InChI is InChI=1S/C21H24N2O4S/c1-3-4-20(24)23-18-13-15(21(25)22-16-8-9-16)7-12-19(18)28(26,27)17-10-5-14(2)6-11-17/h5-7,10-13,16H,3-4,8-9H2,1-2H3,(H,22,25)(H,23,24). The summed E-state index contributed by atoms with van der Waals surface area (Å²) in [5.41, 5.74) is 1.39. The van der Waals surface area contributed by atoms with Gasteiger partial charge in [-0.15, -0.1) is 0 Å². The number of anilines is 1. The third-order valence-corrected chi connectivity index (χ3v) is 6.35. The molecular formula is C21H24N2O4S. The number of benzene rings is 2.